The standard InChI is InChI=1S/C16H15NO/c17-11-16(18)14-7-3-1-5-12(14)9-10-13-6-2-4-8-15(13)16/h1,3-5,7-8,18H,9-11,17H2. The van der Waals surface area contributed by atoms with Gasteiger partial charge in [0.2, 0.25) is 0 Å². The van der Waals surface area contributed by atoms with Crippen molar-refractivity contribution in [3.63, 3.8) is 0 Å². The van der Waals surface area contributed by atoms with Crippen LogP contribution in [0.2, 0.25) is 0 Å². The molecule has 0 amide bonds. The summed E-state index contributed by atoms with van der Waals surface area (Å²) < 4.78 is 0. The first-order valence-electron chi connectivity index (χ1n) is 6.18. The highest BCUT2D eigenvalue weighted by molar-refractivity contribution is 5.46. The predicted molar refractivity (Wildman–Crippen MR) is 70.0 cm³/mol. The quantitative estimate of drug-likeness (QED) is 0.791. The van der Waals surface area contributed by atoms with Gasteiger partial charge >= 0.3 is 0 Å². The van der Waals surface area contributed by atoms with E-state index in [1.165, 1.54) is 0 Å². The van der Waals surface area contributed by atoms with Crippen LogP contribution >= 0.6 is 0 Å². The minimum atomic E-state index is -1.10. The summed E-state index contributed by atoms with van der Waals surface area (Å²) in [5.41, 5.74) is 8.73. The molecular formula is C16H15NO. The summed E-state index contributed by atoms with van der Waals surface area (Å²) in [5, 5.41) is 11.0. The maximum atomic E-state index is 11.0. The highest BCUT2D eigenvalue weighted by Crippen LogP contribution is 2.36. The summed E-state index contributed by atoms with van der Waals surface area (Å²) >= 11 is 0. The number of benzene rings is 1. The van der Waals surface area contributed by atoms with Crippen molar-refractivity contribution < 1.29 is 5.11 Å². The fourth-order valence-corrected chi connectivity index (χ4v) is 2.77. The molecule has 2 nitrogen and oxygen atoms in total. The molecule has 0 radical (unpaired) electrons. The van der Waals surface area contributed by atoms with Gasteiger partial charge in [0.1, 0.15) is 5.60 Å². The molecule has 90 valence electrons. The molecule has 1 aliphatic rings. The largest absolute Gasteiger partial charge is 0.379 e. The summed E-state index contributed by atoms with van der Waals surface area (Å²) in [6.07, 6.45) is 1.77. The molecule has 0 bridgehead atoms. The van der Waals surface area contributed by atoms with Crippen LogP contribution < -0.4 is 5.73 Å². The molecule has 1 unspecified atom stereocenters. The summed E-state index contributed by atoms with van der Waals surface area (Å²) in [6, 6.07) is 17.7. The van der Waals surface area contributed by atoms with Crippen LogP contribution in [0.15, 0.2) is 36.4 Å². The average Bonchev–Trinajstić information content (AvgIpc) is 2.56. The lowest BCUT2D eigenvalue weighted by Crippen LogP contribution is -2.37. The lowest BCUT2D eigenvalue weighted by atomic mass is 9.84. The van der Waals surface area contributed by atoms with Crippen molar-refractivity contribution in [1.82, 2.24) is 0 Å². The second-order valence-electron chi connectivity index (χ2n) is 4.72. The van der Waals surface area contributed by atoms with Gasteiger partial charge in [-0.2, -0.15) is 0 Å². The third-order valence-electron chi connectivity index (χ3n) is 3.73. The Morgan fingerprint density at radius 3 is 2.83 bits per heavy atom. The number of nitrogens with two attached hydrogens (primary N) is 1. The van der Waals surface area contributed by atoms with E-state index < -0.39 is 5.60 Å². The van der Waals surface area contributed by atoms with E-state index in [1.807, 2.05) is 24.3 Å². The minimum absolute atomic E-state index is 0.175. The van der Waals surface area contributed by atoms with Gasteiger partial charge in [0.15, 0.2) is 0 Å². The Bertz CT molecular complexity index is 529. The van der Waals surface area contributed by atoms with E-state index in [1.54, 1.807) is 6.07 Å². The van der Waals surface area contributed by atoms with Gasteiger partial charge in [0, 0.05) is 17.7 Å². The number of aryl methyl sites for hydroxylation is 1. The van der Waals surface area contributed by atoms with Crippen molar-refractivity contribution in [3.8, 4) is 0 Å². The van der Waals surface area contributed by atoms with Crippen LogP contribution in [0.1, 0.15) is 22.3 Å². The van der Waals surface area contributed by atoms with Crippen molar-refractivity contribution >= 4 is 0 Å². The zero-order valence-electron chi connectivity index (χ0n) is 10.1. The van der Waals surface area contributed by atoms with Crippen LogP contribution in [0.25, 0.3) is 0 Å². The summed E-state index contributed by atoms with van der Waals surface area (Å²) in [7, 11) is 0. The van der Waals surface area contributed by atoms with Gasteiger partial charge in [-0.1, -0.05) is 36.4 Å². The molecule has 1 aliphatic carbocycles. The van der Waals surface area contributed by atoms with Gasteiger partial charge in [-0.15, -0.1) is 0 Å². The minimum Gasteiger partial charge on any atom is -0.379 e. The predicted octanol–water partition coefficient (Wildman–Crippen LogP) is 1.58. The molecule has 0 saturated carbocycles. The van der Waals surface area contributed by atoms with Crippen molar-refractivity contribution in [1.29, 1.82) is 0 Å². The molecule has 3 N–H and O–H groups in total. The molecule has 0 fully saturated rings. The van der Waals surface area contributed by atoms with Gasteiger partial charge in [0.25, 0.3) is 0 Å². The van der Waals surface area contributed by atoms with Crippen LogP contribution in [-0.4, -0.2) is 11.7 Å². The fraction of sp³-hybridized carbons (Fsp3) is 0.250. The first kappa shape index (κ1) is 11.3. The molecule has 0 spiro atoms. The SMILES string of the molecule is NCC1(O)c2ccc#cc2CCc2ccccc21. The molecule has 2 aromatic rings. The number of rotatable bonds is 1. The number of fused-ring (bicyclic) bond motifs is 2. The molecule has 2 aromatic carbocycles. The first-order chi connectivity index (χ1) is 8.75. The Labute approximate surface area is 107 Å². The molecule has 1 atom stereocenters. The second kappa shape index (κ2) is 4.13. The van der Waals surface area contributed by atoms with Crippen LogP contribution in [0.5, 0.6) is 0 Å². The van der Waals surface area contributed by atoms with Gasteiger partial charge in [0.05, 0.1) is 0 Å². The first-order valence-corrected chi connectivity index (χ1v) is 6.18. The number of hydrogen-bond donors (Lipinski definition) is 2. The summed E-state index contributed by atoms with van der Waals surface area (Å²) in [5.74, 6) is 0. The Hall–Kier alpha value is -1.82. The van der Waals surface area contributed by atoms with E-state index in [2.05, 4.69) is 18.2 Å². The fourth-order valence-electron chi connectivity index (χ4n) is 2.77. The summed E-state index contributed by atoms with van der Waals surface area (Å²) in [4.78, 5) is 0. The average molecular weight is 237 g/mol. The van der Waals surface area contributed by atoms with Gasteiger partial charge < -0.3 is 10.8 Å². The maximum Gasteiger partial charge on any atom is 0.128 e. The molecule has 3 rings (SSSR count). The normalized spacial score (nSPS) is 16.1. The Kier molecular flexibility index (Phi) is 2.59. The lowest BCUT2D eigenvalue weighted by Gasteiger charge is -2.28. The van der Waals surface area contributed by atoms with Gasteiger partial charge in [-0.05, 0) is 36.1 Å². The van der Waals surface area contributed by atoms with Crippen LogP contribution in [0.3, 0.4) is 0 Å². The van der Waals surface area contributed by atoms with Crippen LogP contribution in [0.4, 0.5) is 0 Å². The van der Waals surface area contributed by atoms with Crippen LogP contribution in [-0.2, 0) is 18.4 Å². The maximum absolute atomic E-state index is 11.0. The topological polar surface area (TPSA) is 46.2 Å². The number of aliphatic hydroxyl groups is 1. The molecule has 0 heterocycles. The van der Waals surface area contributed by atoms with E-state index in [4.69, 9.17) is 5.73 Å². The lowest BCUT2D eigenvalue weighted by molar-refractivity contribution is 0.0896. The van der Waals surface area contributed by atoms with E-state index >= 15 is 0 Å². The Morgan fingerprint density at radius 1 is 1.17 bits per heavy atom. The highest BCUT2D eigenvalue weighted by atomic mass is 16.3. The van der Waals surface area contributed by atoms with E-state index in [0.29, 0.717) is 0 Å². The van der Waals surface area contributed by atoms with E-state index in [0.717, 1.165) is 35.1 Å². The monoisotopic (exact) mass is 237 g/mol. The van der Waals surface area contributed by atoms with Crippen LogP contribution in [0, 0.1) is 12.1 Å². The third kappa shape index (κ3) is 1.53. The second-order valence-corrected chi connectivity index (χ2v) is 4.72. The highest BCUT2D eigenvalue weighted by Gasteiger charge is 2.35. The zero-order chi connectivity index (χ0) is 12.6. The molecule has 0 aromatic heterocycles. The molecule has 18 heavy (non-hydrogen) atoms. The molecular weight excluding hydrogens is 222 g/mol. The summed E-state index contributed by atoms with van der Waals surface area (Å²) in [6.45, 7) is 0.175. The smallest absolute Gasteiger partial charge is 0.128 e. The van der Waals surface area contributed by atoms with Crippen molar-refractivity contribution in [2.24, 2.45) is 5.73 Å². The third-order valence-corrected chi connectivity index (χ3v) is 3.73. The van der Waals surface area contributed by atoms with E-state index in [9.17, 15) is 5.11 Å². The zero-order valence-corrected chi connectivity index (χ0v) is 10.1. The van der Waals surface area contributed by atoms with Crippen molar-refractivity contribution in [2.75, 3.05) is 6.54 Å². The van der Waals surface area contributed by atoms with Gasteiger partial charge in [-0.25, -0.2) is 0 Å². The van der Waals surface area contributed by atoms with Gasteiger partial charge in [-0.3, -0.25) is 0 Å². The van der Waals surface area contributed by atoms with E-state index in [-0.39, 0.29) is 6.54 Å². The Balaban J connectivity index is 2.29. The number of hydrogen-bond acceptors (Lipinski definition) is 2. The molecule has 0 saturated heterocycles. The molecule has 0 aliphatic heterocycles. The van der Waals surface area contributed by atoms with Crippen molar-refractivity contribution in [2.45, 2.75) is 18.4 Å². The van der Waals surface area contributed by atoms with Crippen molar-refractivity contribution in [3.05, 3.63) is 70.8 Å². The Morgan fingerprint density at radius 2 is 2.00 bits per heavy atom. The molecule has 2 heteroatoms.